The predicted octanol–water partition coefficient (Wildman–Crippen LogP) is 0.710. The molecule has 2 rings (SSSR count). The van der Waals surface area contributed by atoms with Crippen molar-refractivity contribution in [1.29, 1.82) is 0 Å². The van der Waals surface area contributed by atoms with E-state index in [-0.39, 0.29) is 23.1 Å². The zero-order valence-corrected chi connectivity index (χ0v) is 9.21. The molecule has 17 heavy (non-hydrogen) atoms. The first-order valence-electron chi connectivity index (χ1n) is 5.20. The average molecular weight is 236 g/mol. The van der Waals surface area contributed by atoms with Gasteiger partial charge in [0.2, 0.25) is 0 Å². The maximum absolute atomic E-state index is 11.8. The van der Waals surface area contributed by atoms with Crippen LogP contribution in [0.5, 0.6) is 0 Å². The van der Waals surface area contributed by atoms with Crippen molar-refractivity contribution in [2.45, 2.75) is 19.4 Å². The molecule has 7 heteroatoms. The number of nitro groups is 1. The number of nitrogen functional groups attached to an aromatic ring is 1. The molecule has 0 aliphatic heterocycles. The van der Waals surface area contributed by atoms with Gasteiger partial charge in [-0.3, -0.25) is 14.9 Å². The fourth-order valence-electron chi connectivity index (χ4n) is 1.52. The molecular formula is C10H12N4O3. The third-order valence-electron chi connectivity index (χ3n) is 2.79. The molecule has 1 saturated carbocycles. The molecule has 1 aromatic rings. The van der Waals surface area contributed by atoms with Crippen LogP contribution in [0.15, 0.2) is 12.3 Å². The highest BCUT2D eigenvalue weighted by Gasteiger charge is 2.34. The van der Waals surface area contributed by atoms with E-state index in [1.54, 1.807) is 0 Å². The zero-order valence-electron chi connectivity index (χ0n) is 9.21. The van der Waals surface area contributed by atoms with Crippen molar-refractivity contribution in [3.8, 4) is 0 Å². The van der Waals surface area contributed by atoms with Crippen LogP contribution in [-0.2, 0) is 0 Å². The molecule has 7 nitrogen and oxygen atoms in total. The van der Waals surface area contributed by atoms with Gasteiger partial charge in [0, 0.05) is 12.1 Å². The highest BCUT2D eigenvalue weighted by atomic mass is 16.6. The van der Waals surface area contributed by atoms with Crippen molar-refractivity contribution >= 4 is 17.4 Å². The number of nitrogens with two attached hydrogens (primary N) is 1. The fourth-order valence-corrected chi connectivity index (χ4v) is 1.52. The molecule has 3 N–H and O–H groups in total. The van der Waals surface area contributed by atoms with Gasteiger partial charge in [0.1, 0.15) is 12.0 Å². The van der Waals surface area contributed by atoms with Crippen LogP contribution in [0.25, 0.3) is 0 Å². The smallest absolute Gasteiger partial charge is 0.288 e. The minimum absolute atomic E-state index is 0.00130. The summed E-state index contributed by atoms with van der Waals surface area (Å²) in [6.45, 7) is 2.01. The number of carbonyl (C=O) groups excluding carboxylic acids is 1. The first kappa shape index (κ1) is 11.3. The van der Waals surface area contributed by atoms with Gasteiger partial charge in [0.25, 0.3) is 11.6 Å². The van der Waals surface area contributed by atoms with E-state index in [1.165, 1.54) is 0 Å². The molecule has 2 unspecified atom stereocenters. The van der Waals surface area contributed by atoms with E-state index in [2.05, 4.69) is 10.3 Å². The SMILES string of the molecule is CC1CC1NC(=O)c1cc([N+](=O)[O-])cnc1N. The fraction of sp³-hybridized carbons (Fsp3) is 0.400. The Kier molecular flexibility index (Phi) is 2.66. The van der Waals surface area contributed by atoms with Crippen LogP contribution in [0.3, 0.4) is 0 Å². The van der Waals surface area contributed by atoms with E-state index in [0.717, 1.165) is 18.7 Å². The average Bonchev–Trinajstić information content (AvgIpc) is 2.94. The second kappa shape index (κ2) is 4.00. The normalized spacial score (nSPS) is 21.9. The standard InChI is InChI=1S/C10H12N4O3/c1-5-2-8(5)13-10(15)7-3-6(14(16)17)4-12-9(7)11/h3-5,8H,2H2,1H3,(H2,11,12)(H,13,15). The summed E-state index contributed by atoms with van der Waals surface area (Å²) in [6, 6.07) is 1.28. The number of anilines is 1. The van der Waals surface area contributed by atoms with Gasteiger partial charge >= 0.3 is 0 Å². The molecule has 1 fully saturated rings. The summed E-state index contributed by atoms with van der Waals surface area (Å²) in [7, 11) is 0. The summed E-state index contributed by atoms with van der Waals surface area (Å²) in [4.78, 5) is 25.4. The molecule has 0 saturated heterocycles. The molecule has 1 aromatic heterocycles. The van der Waals surface area contributed by atoms with Gasteiger partial charge in [-0.1, -0.05) is 6.92 Å². The Bertz CT molecular complexity index is 488. The highest BCUT2D eigenvalue weighted by Crippen LogP contribution is 2.29. The number of hydrogen-bond acceptors (Lipinski definition) is 5. The first-order valence-corrected chi connectivity index (χ1v) is 5.20. The lowest BCUT2D eigenvalue weighted by molar-refractivity contribution is -0.385. The number of nitrogens with zero attached hydrogens (tertiary/aromatic N) is 2. The number of amides is 1. The lowest BCUT2D eigenvalue weighted by atomic mass is 10.2. The molecule has 2 atom stereocenters. The molecule has 0 bridgehead atoms. The van der Waals surface area contributed by atoms with Crippen LogP contribution < -0.4 is 11.1 Å². The van der Waals surface area contributed by atoms with Gasteiger partial charge in [-0.15, -0.1) is 0 Å². The predicted molar refractivity (Wildman–Crippen MR) is 60.3 cm³/mol. The Morgan fingerprint density at radius 2 is 2.35 bits per heavy atom. The summed E-state index contributed by atoms with van der Waals surface area (Å²) in [5.41, 5.74) is 5.34. The molecule has 0 spiro atoms. The Labute approximate surface area is 97.2 Å². The van der Waals surface area contributed by atoms with E-state index in [4.69, 9.17) is 5.73 Å². The Morgan fingerprint density at radius 1 is 1.71 bits per heavy atom. The van der Waals surface area contributed by atoms with Crippen LogP contribution in [0.4, 0.5) is 11.5 Å². The molecule has 1 aliphatic rings. The molecule has 0 aromatic carbocycles. The van der Waals surface area contributed by atoms with Gasteiger partial charge in [-0.25, -0.2) is 4.98 Å². The Hall–Kier alpha value is -2.18. The van der Waals surface area contributed by atoms with E-state index < -0.39 is 10.8 Å². The first-order chi connectivity index (χ1) is 7.99. The molecule has 1 amide bonds. The lowest BCUT2D eigenvalue weighted by Crippen LogP contribution is -2.27. The van der Waals surface area contributed by atoms with Crippen molar-refractivity contribution < 1.29 is 9.72 Å². The van der Waals surface area contributed by atoms with Gasteiger partial charge in [-0.05, 0) is 12.3 Å². The van der Waals surface area contributed by atoms with Crippen molar-refractivity contribution in [1.82, 2.24) is 10.3 Å². The van der Waals surface area contributed by atoms with Gasteiger partial charge in [0.05, 0.1) is 10.5 Å². The Morgan fingerprint density at radius 3 is 2.88 bits per heavy atom. The van der Waals surface area contributed by atoms with Crippen molar-refractivity contribution in [2.75, 3.05) is 5.73 Å². The third kappa shape index (κ3) is 2.32. The van der Waals surface area contributed by atoms with E-state index in [0.29, 0.717) is 5.92 Å². The summed E-state index contributed by atoms with van der Waals surface area (Å²) in [6.07, 6.45) is 1.96. The van der Waals surface area contributed by atoms with Crippen LogP contribution in [-0.4, -0.2) is 21.9 Å². The second-order valence-electron chi connectivity index (χ2n) is 4.18. The number of hydrogen-bond donors (Lipinski definition) is 2. The summed E-state index contributed by atoms with van der Waals surface area (Å²) in [5, 5.41) is 13.3. The number of aromatic nitrogens is 1. The minimum Gasteiger partial charge on any atom is -0.383 e. The largest absolute Gasteiger partial charge is 0.383 e. The van der Waals surface area contributed by atoms with Crippen LogP contribution in [0.2, 0.25) is 0 Å². The Balaban J connectivity index is 2.21. The number of rotatable bonds is 3. The topological polar surface area (TPSA) is 111 Å². The molecule has 1 heterocycles. The van der Waals surface area contributed by atoms with Gasteiger partial charge in [0.15, 0.2) is 0 Å². The van der Waals surface area contributed by atoms with Crippen LogP contribution in [0.1, 0.15) is 23.7 Å². The monoisotopic (exact) mass is 236 g/mol. The lowest BCUT2D eigenvalue weighted by Gasteiger charge is -2.05. The second-order valence-corrected chi connectivity index (χ2v) is 4.18. The number of pyridine rings is 1. The molecule has 90 valence electrons. The van der Waals surface area contributed by atoms with E-state index >= 15 is 0 Å². The molecule has 1 aliphatic carbocycles. The molecule has 0 radical (unpaired) electrons. The van der Waals surface area contributed by atoms with E-state index in [1.807, 2.05) is 6.92 Å². The number of nitrogens with one attached hydrogen (secondary N) is 1. The minimum atomic E-state index is -0.608. The van der Waals surface area contributed by atoms with Crippen LogP contribution >= 0.6 is 0 Å². The quantitative estimate of drug-likeness (QED) is 0.593. The third-order valence-corrected chi connectivity index (χ3v) is 2.79. The zero-order chi connectivity index (χ0) is 12.6. The molecular weight excluding hydrogens is 224 g/mol. The summed E-state index contributed by atoms with van der Waals surface area (Å²) >= 11 is 0. The van der Waals surface area contributed by atoms with Crippen molar-refractivity contribution in [3.63, 3.8) is 0 Å². The van der Waals surface area contributed by atoms with Crippen molar-refractivity contribution in [3.05, 3.63) is 27.9 Å². The summed E-state index contributed by atoms with van der Waals surface area (Å²) in [5.74, 6) is 0.0429. The number of carbonyl (C=O) groups is 1. The van der Waals surface area contributed by atoms with E-state index in [9.17, 15) is 14.9 Å². The van der Waals surface area contributed by atoms with Gasteiger partial charge in [-0.2, -0.15) is 0 Å². The highest BCUT2D eigenvalue weighted by molar-refractivity contribution is 5.99. The van der Waals surface area contributed by atoms with Crippen molar-refractivity contribution in [2.24, 2.45) is 5.92 Å². The maximum Gasteiger partial charge on any atom is 0.288 e. The van der Waals surface area contributed by atoms with Gasteiger partial charge < -0.3 is 11.1 Å². The van der Waals surface area contributed by atoms with Crippen LogP contribution in [0, 0.1) is 16.0 Å². The summed E-state index contributed by atoms with van der Waals surface area (Å²) < 4.78 is 0. The maximum atomic E-state index is 11.8.